The summed E-state index contributed by atoms with van der Waals surface area (Å²) in [5, 5.41) is 0. The summed E-state index contributed by atoms with van der Waals surface area (Å²) in [7, 11) is 0. The van der Waals surface area contributed by atoms with Crippen LogP contribution in [0, 0.1) is 33.5 Å². The predicted octanol–water partition coefficient (Wildman–Crippen LogP) is 7.36. The Morgan fingerprint density at radius 1 is 0.667 bits per heavy atom. The molecular weight excluding hydrogens is 581 g/mol. The molecule has 33 heavy (non-hydrogen) atoms. The third-order valence-electron chi connectivity index (χ3n) is 6.50. The van der Waals surface area contributed by atoms with Crippen molar-refractivity contribution in [2.75, 3.05) is 9.80 Å². The quantitative estimate of drug-likeness (QED) is 0.221. The summed E-state index contributed by atoms with van der Waals surface area (Å²) in [6.45, 7) is 8.76. The predicted molar refractivity (Wildman–Crippen MR) is 134 cm³/mol. The van der Waals surface area contributed by atoms with Crippen molar-refractivity contribution >= 4 is 22.8 Å². The zero-order valence-corrected chi connectivity index (χ0v) is 21.3. The van der Waals surface area contributed by atoms with E-state index in [0.717, 1.165) is 11.4 Å². The van der Waals surface area contributed by atoms with Gasteiger partial charge in [0.1, 0.15) is 0 Å². The van der Waals surface area contributed by atoms with Crippen LogP contribution in [0.3, 0.4) is 0 Å². The molecule has 2 aliphatic heterocycles. The second-order valence-electron chi connectivity index (χ2n) is 8.68. The van der Waals surface area contributed by atoms with Crippen molar-refractivity contribution in [2.45, 2.75) is 20.8 Å². The monoisotopic (exact) mass is 605 g/mol. The van der Waals surface area contributed by atoms with Gasteiger partial charge in [0.15, 0.2) is 0 Å². The van der Waals surface area contributed by atoms with Crippen LogP contribution in [0.5, 0.6) is 0 Å². The maximum atomic E-state index is 3.58. The first-order chi connectivity index (χ1) is 15.6. The van der Waals surface area contributed by atoms with Crippen LogP contribution in [0.4, 0.5) is 11.4 Å². The van der Waals surface area contributed by atoms with E-state index in [4.69, 9.17) is 0 Å². The van der Waals surface area contributed by atoms with Gasteiger partial charge in [-0.05, 0) is 48.2 Å². The number of hydrogen-bond acceptors (Lipinski definition) is 2. The standard InChI is InChI=1S/C30H24N2.Ir/c1-20-14-15-28-26(16-20)25-17-21(2)22(3)18-27(25)30-29(23-10-6-4-7-11-23)31(19-32(28)30)24-12-8-5-9-13-24;/h4-14,16-19H,1-3H3;/q-2;. The van der Waals surface area contributed by atoms with Gasteiger partial charge in [-0.15, -0.1) is 12.2 Å². The number of nitrogens with zero attached hydrogens (tertiary/aromatic N) is 2. The van der Waals surface area contributed by atoms with Gasteiger partial charge in [-0.2, -0.15) is 23.8 Å². The zero-order chi connectivity index (χ0) is 21.8. The van der Waals surface area contributed by atoms with E-state index in [2.05, 4.69) is 128 Å². The van der Waals surface area contributed by atoms with E-state index >= 15 is 0 Å². The molecule has 2 aliphatic rings. The van der Waals surface area contributed by atoms with Gasteiger partial charge in [-0.3, -0.25) is 0 Å². The molecule has 2 nitrogen and oxygen atoms in total. The molecule has 0 bridgehead atoms. The number of rotatable bonds is 2. The topological polar surface area (TPSA) is 6.48 Å². The Balaban J connectivity index is 0.00000228. The van der Waals surface area contributed by atoms with E-state index in [9.17, 15) is 0 Å². The summed E-state index contributed by atoms with van der Waals surface area (Å²) in [5.74, 6) is 0. The molecule has 2 heterocycles. The number of hydrogen-bond donors (Lipinski definition) is 0. The Labute approximate surface area is 209 Å². The molecule has 0 saturated heterocycles. The van der Waals surface area contributed by atoms with Crippen molar-refractivity contribution < 1.29 is 20.1 Å². The number of anilines is 2. The minimum absolute atomic E-state index is 0. The molecule has 3 heteroatoms. The Kier molecular flexibility index (Phi) is 5.48. The third-order valence-corrected chi connectivity index (χ3v) is 6.50. The van der Waals surface area contributed by atoms with Crippen LogP contribution in [-0.4, -0.2) is 0 Å². The first kappa shape index (κ1) is 21.7. The minimum Gasteiger partial charge on any atom is -0.492 e. The summed E-state index contributed by atoms with van der Waals surface area (Å²) < 4.78 is 0. The van der Waals surface area contributed by atoms with Crippen molar-refractivity contribution in [3.8, 4) is 11.1 Å². The largest absolute Gasteiger partial charge is 0.492 e. The zero-order valence-electron chi connectivity index (χ0n) is 18.9. The smallest absolute Gasteiger partial charge is 0.0424 e. The molecule has 0 amide bonds. The van der Waals surface area contributed by atoms with E-state index in [-0.39, 0.29) is 20.1 Å². The van der Waals surface area contributed by atoms with E-state index in [0.29, 0.717) is 0 Å². The fourth-order valence-electron chi connectivity index (χ4n) is 4.78. The van der Waals surface area contributed by atoms with Gasteiger partial charge in [-0.1, -0.05) is 78.8 Å². The van der Waals surface area contributed by atoms with Crippen LogP contribution in [-0.2, 0) is 20.1 Å². The Bertz CT molecular complexity index is 1370. The molecule has 0 spiro atoms. The van der Waals surface area contributed by atoms with E-state index in [1.807, 2.05) is 0 Å². The molecule has 1 radical (unpaired) electrons. The van der Waals surface area contributed by atoms with Crippen LogP contribution >= 0.6 is 0 Å². The average molecular weight is 605 g/mol. The molecule has 0 aliphatic carbocycles. The summed E-state index contributed by atoms with van der Waals surface area (Å²) in [5.41, 5.74) is 13.5. The van der Waals surface area contributed by atoms with E-state index in [1.165, 1.54) is 50.3 Å². The molecule has 0 aromatic heterocycles. The van der Waals surface area contributed by atoms with Gasteiger partial charge in [0.05, 0.1) is 0 Å². The first-order valence-electron chi connectivity index (χ1n) is 11.0. The van der Waals surface area contributed by atoms with Gasteiger partial charge < -0.3 is 9.80 Å². The molecule has 0 atom stereocenters. The van der Waals surface area contributed by atoms with Gasteiger partial charge in [0.2, 0.25) is 0 Å². The van der Waals surface area contributed by atoms with Crippen molar-refractivity contribution in [3.63, 3.8) is 0 Å². The second-order valence-corrected chi connectivity index (χ2v) is 8.68. The first-order valence-corrected chi connectivity index (χ1v) is 11.0. The normalized spacial score (nSPS) is 13.9. The third kappa shape index (κ3) is 3.44. The van der Waals surface area contributed by atoms with Crippen molar-refractivity contribution in [3.05, 3.63) is 125 Å². The maximum absolute atomic E-state index is 3.58. The molecule has 0 unspecified atom stereocenters. The molecule has 4 aromatic carbocycles. The van der Waals surface area contributed by atoms with Crippen LogP contribution in [0.15, 0.2) is 84.9 Å². The maximum Gasteiger partial charge on any atom is 0.0424 e. The van der Waals surface area contributed by atoms with Crippen molar-refractivity contribution in [2.24, 2.45) is 0 Å². The molecule has 4 aromatic rings. The number of benzene rings is 4. The summed E-state index contributed by atoms with van der Waals surface area (Å²) in [6.07, 6.45) is 0. The van der Waals surface area contributed by atoms with Gasteiger partial charge in [0.25, 0.3) is 0 Å². The van der Waals surface area contributed by atoms with E-state index in [1.54, 1.807) is 0 Å². The van der Waals surface area contributed by atoms with Crippen LogP contribution in [0.1, 0.15) is 27.8 Å². The molecular formula is C30H24IrN2-2. The molecule has 0 fully saturated rings. The second kappa shape index (κ2) is 8.33. The van der Waals surface area contributed by atoms with Gasteiger partial charge >= 0.3 is 0 Å². The SMILES string of the molecule is Cc1c[c-]c2c(c1)-c1cc(C)c(C)cc1C1=C(c3ccccc3)N(c3ccccc3)[CH-]N12.[Ir]. The Morgan fingerprint density at radius 3 is 2.00 bits per heavy atom. The minimum atomic E-state index is 0. The van der Waals surface area contributed by atoms with Gasteiger partial charge in [-0.25, -0.2) is 0 Å². The van der Waals surface area contributed by atoms with Crippen LogP contribution < -0.4 is 9.80 Å². The van der Waals surface area contributed by atoms with Crippen molar-refractivity contribution in [1.29, 1.82) is 0 Å². The van der Waals surface area contributed by atoms with Crippen LogP contribution in [0.25, 0.3) is 22.5 Å². The summed E-state index contributed by atoms with van der Waals surface area (Å²) in [6, 6.07) is 33.9. The van der Waals surface area contributed by atoms with Gasteiger partial charge in [0, 0.05) is 37.2 Å². The number of para-hydroxylation sites is 1. The van der Waals surface area contributed by atoms with Crippen LogP contribution in [0.2, 0.25) is 0 Å². The fraction of sp³-hybridized carbons (Fsp3) is 0.100. The molecule has 165 valence electrons. The number of aryl methyl sites for hydroxylation is 3. The Morgan fingerprint density at radius 2 is 1.30 bits per heavy atom. The summed E-state index contributed by atoms with van der Waals surface area (Å²) in [4.78, 5) is 4.63. The van der Waals surface area contributed by atoms with E-state index < -0.39 is 0 Å². The fourth-order valence-corrected chi connectivity index (χ4v) is 4.78. The number of fused-ring (bicyclic) bond motifs is 6. The summed E-state index contributed by atoms with van der Waals surface area (Å²) >= 11 is 0. The molecule has 0 N–H and O–H groups in total. The molecule has 6 rings (SSSR count). The molecule has 0 saturated carbocycles. The Hall–Kier alpha value is -3.13. The average Bonchev–Trinajstić information content (AvgIpc) is 3.22. The van der Waals surface area contributed by atoms with Crippen molar-refractivity contribution in [1.82, 2.24) is 0 Å².